The number of anilines is 1. The Morgan fingerprint density at radius 2 is 1.97 bits per heavy atom. The molecule has 2 heterocycles. The summed E-state index contributed by atoms with van der Waals surface area (Å²) >= 11 is 3.29. The molecule has 0 fully saturated rings. The van der Waals surface area contributed by atoms with Crippen LogP contribution >= 0.6 is 15.9 Å². The number of esters is 1. The Morgan fingerprint density at radius 1 is 1.17 bits per heavy atom. The Hall–Kier alpha value is -3.79. The van der Waals surface area contributed by atoms with Crippen molar-refractivity contribution in [2.45, 2.75) is 33.1 Å². The topological polar surface area (TPSA) is 123 Å². The highest BCUT2D eigenvalue weighted by molar-refractivity contribution is 9.10. The molecule has 0 saturated heterocycles. The summed E-state index contributed by atoms with van der Waals surface area (Å²) in [6.07, 6.45) is 5.07. The van der Waals surface area contributed by atoms with Crippen LogP contribution in [0.5, 0.6) is 0 Å². The number of hydrogen-bond acceptors (Lipinski definition) is 7. The van der Waals surface area contributed by atoms with Crippen LogP contribution in [0.3, 0.4) is 0 Å². The third-order valence-electron chi connectivity index (χ3n) is 5.46. The average Bonchev–Trinajstić information content (AvgIpc) is 3.20. The molecule has 0 spiro atoms. The normalized spacial score (nSPS) is 13.7. The molecule has 2 amide bonds. The van der Waals surface area contributed by atoms with E-state index in [-0.39, 0.29) is 17.9 Å². The van der Waals surface area contributed by atoms with Crippen molar-refractivity contribution in [3.8, 4) is 0 Å². The Morgan fingerprint density at radius 3 is 2.74 bits per heavy atom. The monoisotopic (exact) mass is 538 g/mol. The van der Waals surface area contributed by atoms with Gasteiger partial charge >= 0.3 is 5.97 Å². The molecule has 0 unspecified atom stereocenters. The molecule has 0 radical (unpaired) electrons. The second-order valence-corrected chi connectivity index (χ2v) is 8.74. The number of para-hydroxylation sites is 1. The van der Waals surface area contributed by atoms with Crippen LogP contribution in [0.15, 0.2) is 56.7 Å². The minimum absolute atomic E-state index is 0.130. The van der Waals surface area contributed by atoms with Crippen LogP contribution in [-0.2, 0) is 11.2 Å². The third kappa shape index (κ3) is 5.32. The number of halogens is 1. The summed E-state index contributed by atoms with van der Waals surface area (Å²) in [6, 6.07) is 8.27. The van der Waals surface area contributed by atoms with Crippen molar-refractivity contribution >= 4 is 45.1 Å². The second-order valence-electron chi connectivity index (χ2n) is 7.82. The van der Waals surface area contributed by atoms with E-state index in [1.807, 2.05) is 0 Å². The number of nitrogens with one attached hydrogen (secondary N) is 2. The smallest absolute Gasteiger partial charge is 0.340 e. The number of pyridine rings is 1. The minimum atomic E-state index is -0.523. The molecule has 1 aromatic carbocycles. The maximum atomic E-state index is 13.1. The van der Waals surface area contributed by atoms with E-state index in [4.69, 9.17) is 9.15 Å². The van der Waals surface area contributed by atoms with Crippen molar-refractivity contribution < 1.29 is 23.5 Å². The summed E-state index contributed by atoms with van der Waals surface area (Å²) in [5.41, 5.74) is 5.48. The number of hydrogen-bond donors (Lipinski definition) is 2. The molecule has 35 heavy (non-hydrogen) atoms. The number of carbonyl (C=O) groups excluding carboxylic acids is 3. The molecular weight excluding hydrogens is 516 g/mol. The maximum absolute atomic E-state index is 13.1. The lowest BCUT2D eigenvalue weighted by Gasteiger charge is -2.13. The molecular formula is C25H23BrN4O5. The number of amides is 2. The van der Waals surface area contributed by atoms with Gasteiger partial charge < -0.3 is 14.5 Å². The van der Waals surface area contributed by atoms with Crippen molar-refractivity contribution in [2.75, 3.05) is 11.9 Å². The molecule has 3 aromatic rings. The Labute approximate surface area is 210 Å². The lowest BCUT2D eigenvalue weighted by atomic mass is 9.93. The molecule has 0 saturated carbocycles. The van der Waals surface area contributed by atoms with E-state index in [1.165, 1.54) is 6.20 Å². The molecule has 2 aromatic heterocycles. The molecule has 0 bridgehead atoms. The largest absolute Gasteiger partial charge is 0.462 e. The van der Waals surface area contributed by atoms with Gasteiger partial charge in [0.2, 0.25) is 0 Å². The Bertz CT molecular complexity index is 1330. The highest BCUT2D eigenvalue weighted by Crippen LogP contribution is 2.30. The van der Waals surface area contributed by atoms with Gasteiger partial charge in [-0.15, -0.1) is 0 Å². The van der Waals surface area contributed by atoms with E-state index in [0.717, 1.165) is 6.42 Å². The number of ether oxygens (including phenoxy) is 1. The number of hydrazone groups is 1. The fourth-order valence-electron chi connectivity index (χ4n) is 3.87. The second kappa shape index (κ2) is 10.6. The molecule has 1 aliphatic rings. The van der Waals surface area contributed by atoms with E-state index in [0.29, 0.717) is 51.2 Å². The lowest BCUT2D eigenvalue weighted by Crippen LogP contribution is -2.22. The number of nitrogens with zero attached hydrogens (tertiary/aromatic N) is 2. The highest BCUT2D eigenvalue weighted by atomic mass is 79.9. The van der Waals surface area contributed by atoms with Gasteiger partial charge in [-0.25, -0.2) is 10.2 Å². The van der Waals surface area contributed by atoms with Crippen LogP contribution in [-0.4, -0.2) is 35.1 Å². The number of rotatable bonds is 6. The molecule has 1 aliphatic carbocycles. The predicted octanol–water partition coefficient (Wildman–Crippen LogP) is 4.64. The summed E-state index contributed by atoms with van der Waals surface area (Å²) in [5.74, 6) is -0.643. The molecule has 180 valence electrons. The van der Waals surface area contributed by atoms with E-state index in [2.05, 4.69) is 36.8 Å². The standard InChI is InChI=1S/C25H23BrN4O5/c1-3-34-25(33)17-7-4-5-8-18(17)28-24(32)22-14(2)21-19(9-6-10-20(21)35-22)29-30-23(31)15-11-16(26)13-27-12-15/h4-5,7-8,11-13H,3,6,9-10H2,1-2H3,(H,28,32)(H,30,31)/b29-19+. The lowest BCUT2D eigenvalue weighted by molar-refractivity contribution is 0.0527. The number of furan rings is 1. The van der Waals surface area contributed by atoms with Crippen molar-refractivity contribution in [1.29, 1.82) is 0 Å². The van der Waals surface area contributed by atoms with Crippen LogP contribution in [0.4, 0.5) is 5.69 Å². The van der Waals surface area contributed by atoms with Gasteiger partial charge in [0.05, 0.1) is 29.1 Å². The van der Waals surface area contributed by atoms with Gasteiger partial charge in [-0.2, -0.15) is 5.10 Å². The number of aromatic nitrogens is 1. The van der Waals surface area contributed by atoms with Gasteiger partial charge in [0, 0.05) is 34.4 Å². The zero-order chi connectivity index (χ0) is 24.9. The number of benzene rings is 1. The van der Waals surface area contributed by atoms with Gasteiger partial charge in [0.15, 0.2) is 5.76 Å². The van der Waals surface area contributed by atoms with Crippen molar-refractivity contribution in [1.82, 2.24) is 10.4 Å². The highest BCUT2D eigenvalue weighted by Gasteiger charge is 2.28. The zero-order valence-corrected chi connectivity index (χ0v) is 20.8. The van der Waals surface area contributed by atoms with Gasteiger partial charge in [-0.1, -0.05) is 12.1 Å². The Kier molecular flexibility index (Phi) is 7.40. The first-order valence-electron chi connectivity index (χ1n) is 11.1. The molecule has 0 aliphatic heterocycles. The fraction of sp³-hybridized carbons (Fsp3) is 0.240. The van der Waals surface area contributed by atoms with Gasteiger partial charge in [0.25, 0.3) is 11.8 Å². The number of fused-ring (bicyclic) bond motifs is 1. The summed E-state index contributed by atoms with van der Waals surface area (Å²) in [5, 5.41) is 7.08. The van der Waals surface area contributed by atoms with E-state index in [1.54, 1.807) is 50.4 Å². The quantitative estimate of drug-likeness (QED) is 0.348. The van der Waals surface area contributed by atoms with E-state index >= 15 is 0 Å². The van der Waals surface area contributed by atoms with Gasteiger partial charge in [0.1, 0.15) is 5.76 Å². The summed E-state index contributed by atoms with van der Waals surface area (Å²) in [6.45, 7) is 3.71. The molecule has 4 rings (SSSR count). The van der Waals surface area contributed by atoms with Crippen LogP contribution in [0.1, 0.15) is 67.9 Å². The van der Waals surface area contributed by atoms with E-state index in [9.17, 15) is 14.4 Å². The summed E-state index contributed by atoms with van der Waals surface area (Å²) in [7, 11) is 0. The molecule has 0 atom stereocenters. The van der Waals surface area contributed by atoms with Crippen LogP contribution in [0.2, 0.25) is 0 Å². The first-order valence-corrected chi connectivity index (χ1v) is 11.9. The van der Waals surface area contributed by atoms with Crippen LogP contribution in [0.25, 0.3) is 0 Å². The molecule has 2 N–H and O–H groups in total. The first kappa shape index (κ1) is 24.3. The fourth-order valence-corrected chi connectivity index (χ4v) is 4.24. The number of aryl methyl sites for hydroxylation is 1. The van der Waals surface area contributed by atoms with Crippen LogP contribution in [0, 0.1) is 6.92 Å². The summed E-state index contributed by atoms with van der Waals surface area (Å²) < 4.78 is 11.7. The molecule has 9 nitrogen and oxygen atoms in total. The van der Waals surface area contributed by atoms with Gasteiger partial charge in [-0.05, 0) is 60.8 Å². The van der Waals surface area contributed by atoms with Crippen LogP contribution < -0.4 is 10.7 Å². The molecule has 10 heteroatoms. The summed E-state index contributed by atoms with van der Waals surface area (Å²) in [4.78, 5) is 41.8. The Balaban J connectivity index is 1.57. The third-order valence-corrected chi connectivity index (χ3v) is 5.90. The zero-order valence-electron chi connectivity index (χ0n) is 19.2. The van der Waals surface area contributed by atoms with Crippen molar-refractivity contribution in [2.24, 2.45) is 5.10 Å². The minimum Gasteiger partial charge on any atom is -0.462 e. The average molecular weight is 539 g/mol. The van der Waals surface area contributed by atoms with Crippen molar-refractivity contribution in [3.63, 3.8) is 0 Å². The van der Waals surface area contributed by atoms with Gasteiger partial charge in [-0.3, -0.25) is 14.6 Å². The van der Waals surface area contributed by atoms with Crippen molar-refractivity contribution in [3.05, 3.63) is 81.0 Å². The van der Waals surface area contributed by atoms with E-state index < -0.39 is 17.8 Å². The number of carbonyl (C=O) groups is 3. The first-order chi connectivity index (χ1) is 16.9. The SMILES string of the molecule is CCOC(=O)c1ccccc1NC(=O)c1oc2c(c1C)/C(=N/NC(=O)c1cncc(Br)c1)CCC2. The maximum Gasteiger partial charge on any atom is 0.340 e. The predicted molar refractivity (Wildman–Crippen MR) is 133 cm³/mol.